The van der Waals surface area contributed by atoms with Crippen LogP contribution in [0.4, 0.5) is 8.78 Å². The number of para-hydroxylation sites is 1. The molecule has 0 spiro atoms. The summed E-state index contributed by atoms with van der Waals surface area (Å²) >= 11 is 0. The molecule has 1 atom stereocenters. The third-order valence-corrected chi connectivity index (χ3v) is 3.00. The van der Waals surface area contributed by atoms with Gasteiger partial charge in [-0.2, -0.15) is 0 Å². The van der Waals surface area contributed by atoms with E-state index in [2.05, 4.69) is 10.9 Å². The van der Waals surface area contributed by atoms with Crippen LogP contribution in [0, 0.1) is 11.6 Å². The van der Waals surface area contributed by atoms with E-state index in [1.807, 2.05) is 0 Å². The van der Waals surface area contributed by atoms with Gasteiger partial charge in [0.1, 0.15) is 11.6 Å². The fraction of sp³-hybridized carbons (Fsp3) is 0.176. The highest BCUT2D eigenvalue weighted by Crippen LogP contribution is 2.16. The number of hydrogen-bond donors (Lipinski definition) is 2. The number of hydrazine groups is 1. The highest BCUT2D eigenvalue weighted by atomic mass is 19.1. The number of carbonyl (C=O) groups excluding carboxylic acids is 2. The molecule has 0 aromatic heterocycles. The molecule has 0 heterocycles. The van der Waals surface area contributed by atoms with Crippen molar-refractivity contribution in [2.24, 2.45) is 0 Å². The molecule has 1 unspecified atom stereocenters. The highest BCUT2D eigenvalue weighted by Gasteiger charge is 2.17. The van der Waals surface area contributed by atoms with E-state index < -0.39 is 36.2 Å². The van der Waals surface area contributed by atoms with Crippen LogP contribution >= 0.6 is 0 Å². The number of halogens is 2. The molecule has 0 aliphatic carbocycles. The summed E-state index contributed by atoms with van der Waals surface area (Å²) in [5.74, 6) is -2.33. The fourth-order valence-corrected chi connectivity index (χ4v) is 1.76. The number of nitrogens with one attached hydrogen (secondary N) is 2. The minimum atomic E-state index is -1.04. The van der Waals surface area contributed by atoms with Crippen molar-refractivity contribution < 1.29 is 27.8 Å². The molecular weight excluding hydrogens is 334 g/mol. The zero-order valence-corrected chi connectivity index (χ0v) is 13.3. The summed E-state index contributed by atoms with van der Waals surface area (Å²) in [7, 11) is 0. The maximum atomic E-state index is 13.4. The first kappa shape index (κ1) is 18.2. The summed E-state index contributed by atoms with van der Waals surface area (Å²) in [5.41, 5.74) is 4.25. The van der Waals surface area contributed by atoms with Crippen molar-refractivity contribution in [1.29, 1.82) is 0 Å². The number of carbonyl (C=O) groups is 2. The Labute approximate surface area is 142 Å². The quantitative estimate of drug-likeness (QED) is 0.781. The average Bonchev–Trinajstić information content (AvgIpc) is 2.59. The monoisotopic (exact) mass is 350 g/mol. The molecule has 0 aliphatic heterocycles. The molecule has 0 bridgehead atoms. The third-order valence-electron chi connectivity index (χ3n) is 3.00. The summed E-state index contributed by atoms with van der Waals surface area (Å²) in [6.45, 7) is 0.976. The second-order valence-electron chi connectivity index (χ2n) is 4.97. The zero-order valence-electron chi connectivity index (χ0n) is 13.3. The van der Waals surface area contributed by atoms with E-state index in [9.17, 15) is 18.4 Å². The Morgan fingerprint density at radius 1 is 1.08 bits per heavy atom. The van der Waals surface area contributed by atoms with Crippen molar-refractivity contribution in [3.05, 3.63) is 60.2 Å². The Bertz CT molecular complexity index is 755. The normalized spacial score (nSPS) is 11.3. The molecule has 0 fully saturated rings. The van der Waals surface area contributed by atoms with Crippen LogP contribution in [0.2, 0.25) is 0 Å². The molecule has 2 aromatic rings. The van der Waals surface area contributed by atoms with Crippen molar-refractivity contribution in [1.82, 2.24) is 10.9 Å². The van der Waals surface area contributed by atoms with Crippen LogP contribution in [0.15, 0.2) is 48.5 Å². The van der Waals surface area contributed by atoms with Gasteiger partial charge in [-0.05, 0) is 31.2 Å². The summed E-state index contributed by atoms with van der Waals surface area (Å²) in [6.07, 6.45) is -1.04. The van der Waals surface area contributed by atoms with Crippen LogP contribution in [0.1, 0.15) is 6.92 Å². The smallest absolute Gasteiger partial charge is 0.279 e. The maximum absolute atomic E-state index is 13.4. The topological polar surface area (TPSA) is 76.7 Å². The lowest BCUT2D eigenvalue weighted by Crippen LogP contribution is -2.48. The maximum Gasteiger partial charge on any atom is 0.279 e. The lowest BCUT2D eigenvalue weighted by atomic mass is 10.3. The van der Waals surface area contributed by atoms with Crippen LogP contribution in [0.3, 0.4) is 0 Å². The summed E-state index contributed by atoms with van der Waals surface area (Å²) in [6, 6.07) is 10.9. The Kier molecular flexibility index (Phi) is 6.27. The van der Waals surface area contributed by atoms with Crippen molar-refractivity contribution in [2.75, 3.05) is 6.61 Å². The molecule has 8 heteroatoms. The van der Waals surface area contributed by atoms with Crippen LogP contribution in [0.25, 0.3) is 0 Å². The predicted molar refractivity (Wildman–Crippen MR) is 84.7 cm³/mol. The van der Waals surface area contributed by atoms with Crippen LogP contribution in [-0.4, -0.2) is 24.5 Å². The van der Waals surface area contributed by atoms with Crippen molar-refractivity contribution in [3.8, 4) is 11.5 Å². The lowest BCUT2D eigenvalue weighted by Gasteiger charge is -2.15. The number of ether oxygens (including phenoxy) is 2. The van der Waals surface area contributed by atoms with Crippen LogP contribution in [0.5, 0.6) is 11.5 Å². The summed E-state index contributed by atoms with van der Waals surface area (Å²) in [5, 5.41) is 0. The van der Waals surface area contributed by atoms with Gasteiger partial charge in [0.05, 0.1) is 0 Å². The first-order valence-electron chi connectivity index (χ1n) is 7.34. The molecule has 0 saturated heterocycles. The minimum absolute atomic E-state index is 0.0779. The molecule has 132 valence electrons. The minimum Gasteiger partial charge on any atom is -0.484 e. The van der Waals surface area contributed by atoms with Gasteiger partial charge in [-0.15, -0.1) is 0 Å². The van der Waals surface area contributed by atoms with E-state index in [4.69, 9.17) is 9.47 Å². The van der Waals surface area contributed by atoms with E-state index in [0.29, 0.717) is 0 Å². The Morgan fingerprint density at radius 2 is 1.84 bits per heavy atom. The first-order chi connectivity index (χ1) is 12.0. The van der Waals surface area contributed by atoms with Gasteiger partial charge in [0.15, 0.2) is 24.3 Å². The van der Waals surface area contributed by atoms with E-state index in [0.717, 1.165) is 6.07 Å². The van der Waals surface area contributed by atoms with Gasteiger partial charge in [-0.3, -0.25) is 20.4 Å². The Balaban J connectivity index is 1.75. The fourth-order valence-electron chi connectivity index (χ4n) is 1.76. The predicted octanol–water partition coefficient (Wildman–Crippen LogP) is 1.96. The van der Waals surface area contributed by atoms with Crippen LogP contribution < -0.4 is 20.3 Å². The highest BCUT2D eigenvalue weighted by molar-refractivity contribution is 5.85. The largest absolute Gasteiger partial charge is 0.484 e. The number of rotatable bonds is 6. The Morgan fingerprint density at radius 3 is 2.56 bits per heavy atom. The standard InChI is InChI=1S/C17H16F2N2O4/c1-11(25-15-8-3-2-7-14(15)19)17(23)21-20-16(22)10-24-13-6-4-5-12(18)9-13/h2-9,11H,10H2,1H3,(H,20,22)(H,21,23). The SMILES string of the molecule is CC(Oc1ccccc1F)C(=O)NNC(=O)COc1cccc(F)c1. The molecule has 2 aromatic carbocycles. The molecule has 0 aliphatic rings. The number of benzene rings is 2. The van der Waals surface area contributed by atoms with Gasteiger partial charge in [-0.25, -0.2) is 8.78 Å². The molecular formula is C17H16F2N2O4. The molecule has 25 heavy (non-hydrogen) atoms. The third kappa shape index (κ3) is 5.76. The van der Waals surface area contributed by atoms with Crippen molar-refractivity contribution in [3.63, 3.8) is 0 Å². The van der Waals surface area contributed by atoms with Gasteiger partial charge in [0, 0.05) is 6.07 Å². The second-order valence-corrected chi connectivity index (χ2v) is 4.97. The molecule has 6 nitrogen and oxygen atoms in total. The zero-order chi connectivity index (χ0) is 18.2. The number of hydrogen-bond acceptors (Lipinski definition) is 4. The van der Waals surface area contributed by atoms with Gasteiger partial charge in [0.2, 0.25) is 0 Å². The van der Waals surface area contributed by atoms with Gasteiger partial charge in [0.25, 0.3) is 11.8 Å². The summed E-state index contributed by atoms with van der Waals surface area (Å²) in [4.78, 5) is 23.4. The Hall–Kier alpha value is -3.16. The van der Waals surface area contributed by atoms with Gasteiger partial charge < -0.3 is 9.47 Å². The van der Waals surface area contributed by atoms with E-state index in [1.54, 1.807) is 6.07 Å². The molecule has 2 rings (SSSR count). The van der Waals surface area contributed by atoms with Crippen molar-refractivity contribution in [2.45, 2.75) is 13.0 Å². The molecule has 2 amide bonds. The van der Waals surface area contributed by atoms with E-state index >= 15 is 0 Å². The van der Waals surface area contributed by atoms with E-state index in [-0.39, 0.29) is 11.5 Å². The lowest BCUT2D eigenvalue weighted by molar-refractivity contribution is -0.133. The first-order valence-corrected chi connectivity index (χ1v) is 7.34. The van der Waals surface area contributed by atoms with Gasteiger partial charge >= 0.3 is 0 Å². The molecule has 2 N–H and O–H groups in total. The average molecular weight is 350 g/mol. The van der Waals surface area contributed by atoms with Gasteiger partial charge in [-0.1, -0.05) is 18.2 Å². The summed E-state index contributed by atoms with van der Waals surface area (Å²) < 4.78 is 36.7. The second kappa shape index (κ2) is 8.62. The van der Waals surface area contributed by atoms with Crippen LogP contribution in [-0.2, 0) is 9.59 Å². The van der Waals surface area contributed by atoms with E-state index in [1.165, 1.54) is 43.3 Å². The number of amides is 2. The molecule has 0 saturated carbocycles. The van der Waals surface area contributed by atoms with Crippen molar-refractivity contribution >= 4 is 11.8 Å². The molecule has 0 radical (unpaired) electrons.